The highest BCUT2D eigenvalue weighted by Crippen LogP contribution is 2.07. The standard InChI is InChI=1S/C13H22N2O3/c1-4-11-8-12(15(5-2)14-11)9-13(16)10-18-7-6-17-3/h8H,4-7,9-10H2,1-3H3. The summed E-state index contributed by atoms with van der Waals surface area (Å²) in [4.78, 5) is 11.7. The van der Waals surface area contributed by atoms with Gasteiger partial charge in [-0.2, -0.15) is 5.10 Å². The first-order valence-corrected chi connectivity index (χ1v) is 6.35. The Balaban J connectivity index is 2.45. The van der Waals surface area contributed by atoms with Crippen LogP contribution in [0.25, 0.3) is 0 Å². The van der Waals surface area contributed by atoms with E-state index in [1.54, 1.807) is 7.11 Å². The van der Waals surface area contributed by atoms with Crippen molar-refractivity contribution >= 4 is 5.78 Å². The van der Waals surface area contributed by atoms with Gasteiger partial charge >= 0.3 is 0 Å². The number of aryl methyl sites for hydroxylation is 2. The van der Waals surface area contributed by atoms with Crippen LogP contribution in [0.5, 0.6) is 0 Å². The number of aromatic nitrogens is 2. The van der Waals surface area contributed by atoms with Crippen molar-refractivity contribution in [3.05, 3.63) is 17.5 Å². The lowest BCUT2D eigenvalue weighted by atomic mass is 10.2. The number of nitrogens with zero attached hydrogens (tertiary/aromatic N) is 2. The molecule has 0 saturated carbocycles. The summed E-state index contributed by atoms with van der Waals surface area (Å²) in [6, 6.07) is 2.00. The van der Waals surface area contributed by atoms with Crippen molar-refractivity contribution in [2.45, 2.75) is 33.2 Å². The van der Waals surface area contributed by atoms with Crippen LogP contribution in [0, 0.1) is 0 Å². The summed E-state index contributed by atoms with van der Waals surface area (Å²) in [6.07, 6.45) is 1.27. The van der Waals surface area contributed by atoms with Crippen molar-refractivity contribution in [3.63, 3.8) is 0 Å². The van der Waals surface area contributed by atoms with Crippen LogP contribution in [0.3, 0.4) is 0 Å². The Bertz CT molecular complexity index is 374. The van der Waals surface area contributed by atoms with Crippen LogP contribution in [0.1, 0.15) is 25.2 Å². The van der Waals surface area contributed by atoms with Crippen molar-refractivity contribution in [2.24, 2.45) is 0 Å². The van der Waals surface area contributed by atoms with Gasteiger partial charge < -0.3 is 9.47 Å². The number of hydrogen-bond donors (Lipinski definition) is 0. The van der Waals surface area contributed by atoms with Gasteiger partial charge in [0.1, 0.15) is 6.61 Å². The maximum absolute atomic E-state index is 11.7. The van der Waals surface area contributed by atoms with Crippen molar-refractivity contribution in [2.75, 3.05) is 26.9 Å². The molecule has 102 valence electrons. The van der Waals surface area contributed by atoms with Crippen LogP contribution >= 0.6 is 0 Å². The number of carbonyl (C=O) groups excluding carboxylic acids is 1. The van der Waals surface area contributed by atoms with Gasteiger partial charge in [-0.3, -0.25) is 9.48 Å². The van der Waals surface area contributed by atoms with E-state index < -0.39 is 0 Å². The summed E-state index contributed by atoms with van der Waals surface area (Å²) >= 11 is 0. The second-order valence-electron chi connectivity index (χ2n) is 4.06. The first-order chi connectivity index (χ1) is 8.71. The fourth-order valence-corrected chi connectivity index (χ4v) is 1.69. The summed E-state index contributed by atoms with van der Waals surface area (Å²) in [5, 5.41) is 4.41. The third kappa shape index (κ3) is 4.58. The molecule has 0 unspecified atom stereocenters. The Kier molecular flexibility index (Phi) is 6.60. The van der Waals surface area contributed by atoms with E-state index in [0.717, 1.165) is 24.4 Å². The molecule has 1 aromatic heterocycles. The third-order valence-corrected chi connectivity index (χ3v) is 2.65. The maximum atomic E-state index is 11.7. The molecule has 0 amide bonds. The number of rotatable bonds is 9. The molecule has 0 saturated heterocycles. The van der Waals surface area contributed by atoms with Crippen LogP contribution in [-0.2, 0) is 33.7 Å². The Morgan fingerprint density at radius 2 is 2.17 bits per heavy atom. The van der Waals surface area contributed by atoms with E-state index >= 15 is 0 Å². The summed E-state index contributed by atoms with van der Waals surface area (Å²) in [6.45, 7) is 5.97. The first kappa shape index (κ1) is 14.9. The molecule has 1 heterocycles. The molecule has 0 N–H and O–H groups in total. The zero-order valence-corrected chi connectivity index (χ0v) is 11.4. The zero-order chi connectivity index (χ0) is 13.4. The SMILES string of the molecule is CCc1cc(CC(=O)COCCOC)n(CC)n1. The second kappa shape index (κ2) is 8.00. The number of methoxy groups -OCH3 is 1. The molecular weight excluding hydrogens is 232 g/mol. The average Bonchev–Trinajstić information content (AvgIpc) is 2.77. The first-order valence-electron chi connectivity index (χ1n) is 6.35. The Morgan fingerprint density at radius 3 is 2.78 bits per heavy atom. The highest BCUT2D eigenvalue weighted by molar-refractivity contribution is 5.81. The average molecular weight is 254 g/mol. The predicted molar refractivity (Wildman–Crippen MR) is 68.7 cm³/mol. The van der Waals surface area contributed by atoms with Crippen LogP contribution < -0.4 is 0 Å². The zero-order valence-electron chi connectivity index (χ0n) is 11.4. The topological polar surface area (TPSA) is 53.4 Å². The number of hydrogen-bond acceptors (Lipinski definition) is 4. The highest BCUT2D eigenvalue weighted by atomic mass is 16.5. The number of ether oxygens (including phenoxy) is 2. The molecule has 0 spiro atoms. The third-order valence-electron chi connectivity index (χ3n) is 2.65. The molecular formula is C13H22N2O3. The van der Waals surface area contributed by atoms with Gasteiger partial charge in [-0.1, -0.05) is 6.92 Å². The van der Waals surface area contributed by atoms with Crippen molar-refractivity contribution in [1.29, 1.82) is 0 Å². The molecule has 0 aliphatic rings. The lowest BCUT2D eigenvalue weighted by Crippen LogP contribution is -2.16. The van der Waals surface area contributed by atoms with Gasteiger partial charge in [-0.05, 0) is 19.4 Å². The highest BCUT2D eigenvalue weighted by Gasteiger charge is 2.10. The van der Waals surface area contributed by atoms with Crippen LogP contribution in [0.15, 0.2) is 6.07 Å². The predicted octanol–water partition coefficient (Wildman–Crippen LogP) is 1.24. The summed E-state index contributed by atoms with van der Waals surface area (Å²) in [5.74, 6) is 0.0726. The summed E-state index contributed by atoms with van der Waals surface area (Å²) in [5.41, 5.74) is 2.00. The smallest absolute Gasteiger partial charge is 0.164 e. The molecule has 0 radical (unpaired) electrons. The molecule has 5 heteroatoms. The number of carbonyl (C=O) groups is 1. The number of Topliss-reactive ketones (excluding diaryl/α,β-unsaturated/α-hetero) is 1. The molecule has 1 rings (SSSR count). The fraction of sp³-hybridized carbons (Fsp3) is 0.692. The van der Waals surface area contributed by atoms with Gasteiger partial charge in [-0.25, -0.2) is 0 Å². The molecule has 0 atom stereocenters. The minimum Gasteiger partial charge on any atom is -0.382 e. The quantitative estimate of drug-likeness (QED) is 0.622. The van der Waals surface area contributed by atoms with E-state index in [2.05, 4.69) is 12.0 Å². The van der Waals surface area contributed by atoms with Gasteiger partial charge in [0.05, 0.1) is 25.3 Å². The normalized spacial score (nSPS) is 10.8. The minimum atomic E-state index is 0.0726. The van der Waals surface area contributed by atoms with Gasteiger partial charge in [0.25, 0.3) is 0 Å². The van der Waals surface area contributed by atoms with E-state index in [4.69, 9.17) is 9.47 Å². The van der Waals surface area contributed by atoms with Crippen molar-refractivity contribution in [3.8, 4) is 0 Å². The minimum absolute atomic E-state index is 0.0726. The lowest BCUT2D eigenvalue weighted by Gasteiger charge is -2.05. The van der Waals surface area contributed by atoms with Gasteiger partial charge in [-0.15, -0.1) is 0 Å². The fourth-order valence-electron chi connectivity index (χ4n) is 1.69. The van der Waals surface area contributed by atoms with E-state index in [0.29, 0.717) is 19.6 Å². The Hall–Kier alpha value is -1.20. The van der Waals surface area contributed by atoms with E-state index in [9.17, 15) is 4.79 Å². The van der Waals surface area contributed by atoms with Crippen LogP contribution in [-0.4, -0.2) is 42.5 Å². The van der Waals surface area contributed by atoms with Gasteiger partial charge in [0.2, 0.25) is 0 Å². The van der Waals surface area contributed by atoms with Crippen molar-refractivity contribution in [1.82, 2.24) is 9.78 Å². The van der Waals surface area contributed by atoms with Gasteiger partial charge in [0, 0.05) is 19.3 Å². The lowest BCUT2D eigenvalue weighted by molar-refractivity contribution is -0.123. The van der Waals surface area contributed by atoms with E-state index in [1.165, 1.54) is 0 Å². The van der Waals surface area contributed by atoms with Crippen LogP contribution in [0.2, 0.25) is 0 Å². The molecule has 0 fully saturated rings. The molecule has 18 heavy (non-hydrogen) atoms. The Labute approximate surface area is 108 Å². The molecule has 5 nitrogen and oxygen atoms in total. The molecule has 0 aromatic carbocycles. The van der Waals surface area contributed by atoms with E-state index in [-0.39, 0.29) is 12.4 Å². The van der Waals surface area contributed by atoms with E-state index in [1.807, 2.05) is 17.7 Å². The van der Waals surface area contributed by atoms with Crippen LogP contribution in [0.4, 0.5) is 0 Å². The maximum Gasteiger partial charge on any atom is 0.164 e. The molecule has 0 bridgehead atoms. The van der Waals surface area contributed by atoms with Gasteiger partial charge in [0.15, 0.2) is 5.78 Å². The van der Waals surface area contributed by atoms with Crippen molar-refractivity contribution < 1.29 is 14.3 Å². The summed E-state index contributed by atoms with van der Waals surface area (Å²) < 4.78 is 11.9. The molecule has 0 aliphatic carbocycles. The second-order valence-corrected chi connectivity index (χ2v) is 4.06. The summed E-state index contributed by atoms with van der Waals surface area (Å²) in [7, 11) is 1.61. The number of ketones is 1. The molecule has 1 aromatic rings. The largest absolute Gasteiger partial charge is 0.382 e. The Morgan fingerprint density at radius 1 is 1.39 bits per heavy atom. The monoisotopic (exact) mass is 254 g/mol. The molecule has 0 aliphatic heterocycles.